The second-order valence-electron chi connectivity index (χ2n) is 6.33. The molecule has 2 rings (SSSR count). The molecule has 132 valence electrons. The fourth-order valence-corrected chi connectivity index (χ4v) is 2.74. The highest BCUT2D eigenvalue weighted by Crippen LogP contribution is 2.27. The number of nitrogens with zero attached hydrogens (tertiary/aromatic N) is 1. The largest absolute Gasteiger partial charge is 0.480 e. The van der Waals surface area contributed by atoms with Gasteiger partial charge in [0.05, 0.1) is 6.54 Å². The Hall–Kier alpha value is -2.82. The number of carboxylic acid groups (broad SMARTS) is 1. The number of carboxylic acids is 1. The monoisotopic (exact) mass is 340 g/mol. The van der Waals surface area contributed by atoms with Gasteiger partial charge in [-0.3, -0.25) is 9.59 Å². The molecule has 5 heteroatoms. The van der Waals surface area contributed by atoms with Crippen LogP contribution >= 0.6 is 0 Å². The first-order valence-electron chi connectivity index (χ1n) is 8.29. The van der Waals surface area contributed by atoms with Crippen molar-refractivity contribution < 1.29 is 14.7 Å². The van der Waals surface area contributed by atoms with E-state index in [1.165, 1.54) is 0 Å². The van der Waals surface area contributed by atoms with E-state index in [2.05, 4.69) is 19.2 Å². The molecule has 0 heterocycles. The summed E-state index contributed by atoms with van der Waals surface area (Å²) in [6, 6.07) is 15.0. The molecule has 0 radical (unpaired) electrons. The van der Waals surface area contributed by atoms with Gasteiger partial charge in [-0.2, -0.15) is 0 Å². The van der Waals surface area contributed by atoms with Gasteiger partial charge in [0, 0.05) is 11.4 Å². The zero-order valence-corrected chi connectivity index (χ0v) is 14.8. The van der Waals surface area contributed by atoms with Crippen molar-refractivity contribution in [3.8, 4) is 0 Å². The zero-order chi connectivity index (χ0) is 18.4. The molecule has 2 aromatic carbocycles. The molecule has 25 heavy (non-hydrogen) atoms. The van der Waals surface area contributed by atoms with Gasteiger partial charge in [0.15, 0.2) is 0 Å². The average Bonchev–Trinajstić information content (AvgIpc) is 2.56. The maximum Gasteiger partial charge on any atom is 0.323 e. The number of hydrogen-bond donors (Lipinski definition) is 2. The number of hydrogen-bond acceptors (Lipinski definition) is 3. The number of carbonyl (C=O) groups excluding carboxylic acids is 1. The highest BCUT2D eigenvalue weighted by atomic mass is 16.4. The first kappa shape index (κ1) is 18.5. The Morgan fingerprint density at radius 2 is 1.72 bits per heavy atom. The fourth-order valence-electron chi connectivity index (χ4n) is 2.74. The van der Waals surface area contributed by atoms with Crippen LogP contribution in [0.1, 0.15) is 30.9 Å². The molecule has 0 aliphatic carbocycles. The third kappa shape index (κ3) is 5.08. The summed E-state index contributed by atoms with van der Waals surface area (Å²) in [6.45, 7) is 5.84. The van der Waals surface area contributed by atoms with Crippen LogP contribution in [0.2, 0.25) is 0 Å². The molecule has 2 aromatic rings. The third-order valence-electron chi connectivity index (χ3n) is 3.97. The van der Waals surface area contributed by atoms with Crippen molar-refractivity contribution in [1.82, 2.24) is 0 Å². The smallest absolute Gasteiger partial charge is 0.323 e. The van der Waals surface area contributed by atoms with E-state index < -0.39 is 5.97 Å². The molecule has 1 amide bonds. The summed E-state index contributed by atoms with van der Waals surface area (Å²) in [6.07, 6.45) is 0. The number of nitrogens with one attached hydrogen (secondary N) is 1. The second kappa shape index (κ2) is 8.33. The molecule has 0 atom stereocenters. The summed E-state index contributed by atoms with van der Waals surface area (Å²) in [7, 11) is 0. The summed E-state index contributed by atoms with van der Waals surface area (Å²) in [5.41, 5.74) is 3.57. The lowest BCUT2D eigenvalue weighted by Crippen LogP contribution is -2.37. The van der Waals surface area contributed by atoms with Gasteiger partial charge in [0.25, 0.3) is 0 Å². The predicted molar refractivity (Wildman–Crippen MR) is 100 cm³/mol. The molecular weight excluding hydrogens is 316 g/mol. The summed E-state index contributed by atoms with van der Waals surface area (Å²) >= 11 is 0. The molecule has 0 saturated carbocycles. The van der Waals surface area contributed by atoms with Crippen LogP contribution in [0, 0.1) is 6.92 Å². The van der Waals surface area contributed by atoms with Crippen molar-refractivity contribution in [1.29, 1.82) is 0 Å². The Morgan fingerprint density at radius 1 is 1.04 bits per heavy atom. The molecule has 0 aromatic heterocycles. The number of aliphatic carboxylic acids is 1. The van der Waals surface area contributed by atoms with Crippen LogP contribution in [0.25, 0.3) is 0 Å². The summed E-state index contributed by atoms with van der Waals surface area (Å²) < 4.78 is 0. The van der Waals surface area contributed by atoms with E-state index in [1.807, 2.05) is 43.3 Å². The van der Waals surface area contributed by atoms with Crippen LogP contribution in [0.5, 0.6) is 0 Å². The molecule has 0 spiro atoms. The number of para-hydroxylation sites is 2. The first-order chi connectivity index (χ1) is 11.9. The van der Waals surface area contributed by atoms with E-state index in [9.17, 15) is 9.59 Å². The molecule has 0 saturated heterocycles. The SMILES string of the molecule is Cc1cccc(C(C)C)c1NC(=O)CN(CC(=O)O)c1ccccc1. The average molecular weight is 340 g/mol. The highest BCUT2D eigenvalue weighted by molar-refractivity contribution is 5.96. The van der Waals surface area contributed by atoms with Gasteiger partial charge in [-0.25, -0.2) is 0 Å². The van der Waals surface area contributed by atoms with Crippen molar-refractivity contribution >= 4 is 23.3 Å². The number of benzene rings is 2. The molecular formula is C20H24N2O3. The standard InChI is InChI=1S/C20H24N2O3/c1-14(2)17-11-7-8-15(3)20(17)21-18(23)12-22(13-19(24)25)16-9-5-4-6-10-16/h4-11,14H,12-13H2,1-3H3,(H,21,23)(H,24,25). The third-order valence-corrected chi connectivity index (χ3v) is 3.97. The number of rotatable bonds is 7. The topological polar surface area (TPSA) is 69.6 Å². The van der Waals surface area contributed by atoms with Crippen molar-refractivity contribution in [3.05, 3.63) is 59.7 Å². The number of amides is 1. The molecule has 0 aliphatic rings. The number of aryl methyl sites for hydroxylation is 1. The van der Waals surface area contributed by atoms with Crippen LogP contribution in [-0.4, -0.2) is 30.1 Å². The van der Waals surface area contributed by atoms with Crippen LogP contribution in [0.4, 0.5) is 11.4 Å². The summed E-state index contributed by atoms with van der Waals surface area (Å²) in [5.74, 6) is -0.934. The minimum absolute atomic E-state index is 0.0256. The van der Waals surface area contributed by atoms with Crippen LogP contribution in [0.15, 0.2) is 48.5 Å². The van der Waals surface area contributed by atoms with Gasteiger partial charge in [-0.05, 0) is 36.1 Å². The van der Waals surface area contributed by atoms with Gasteiger partial charge >= 0.3 is 5.97 Å². The van der Waals surface area contributed by atoms with Crippen LogP contribution in [-0.2, 0) is 9.59 Å². The van der Waals surface area contributed by atoms with E-state index in [-0.39, 0.29) is 24.9 Å². The number of anilines is 2. The second-order valence-corrected chi connectivity index (χ2v) is 6.33. The first-order valence-corrected chi connectivity index (χ1v) is 8.29. The maximum absolute atomic E-state index is 12.6. The van der Waals surface area contributed by atoms with Gasteiger partial charge in [0.2, 0.25) is 5.91 Å². The normalized spacial score (nSPS) is 10.6. The minimum Gasteiger partial charge on any atom is -0.480 e. The predicted octanol–water partition coefficient (Wildman–Crippen LogP) is 3.65. The summed E-state index contributed by atoms with van der Waals surface area (Å²) in [5, 5.41) is 12.1. The molecule has 2 N–H and O–H groups in total. The molecule has 0 bridgehead atoms. The maximum atomic E-state index is 12.6. The van der Waals surface area contributed by atoms with Crippen LogP contribution in [0.3, 0.4) is 0 Å². The van der Waals surface area contributed by atoms with E-state index in [0.717, 1.165) is 16.8 Å². The Morgan fingerprint density at radius 3 is 2.32 bits per heavy atom. The quantitative estimate of drug-likeness (QED) is 0.807. The molecule has 0 aliphatic heterocycles. The molecule has 0 unspecified atom stereocenters. The fraction of sp³-hybridized carbons (Fsp3) is 0.300. The van der Waals surface area contributed by atoms with Crippen molar-refractivity contribution in [2.75, 3.05) is 23.3 Å². The van der Waals surface area contributed by atoms with Crippen molar-refractivity contribution in [2.24, 2.45) is 0 Å². The Kier molecular flexibility index (Phi) is 6.17. The Bertz CT molecular complexity index is 742. The van der Waals surface area contributed by atoms with Crippen molar-refractivity contribution in [2.45, 2.75) is 26.7 Å². The van der Waals surface area contributed by atoms with E-state index in [1.54, 1.807) is 17.0 Å². The molecule has 5 nitrogen and oxygen atoms in total. The van der Waals surface area contributed by atoms with E-state index in [4.69, 9.17) is 5.11 Å². The minimum atomic E-state index is -0.976. The Labute approximate surface area is 148 Å². The zero-order valence-electron chi connectivity index (χ0n) is 14.8. The number of carbonyl (C=O) groups is 2. The summed E-state index contributed by atoms with van der Waals surface area (Å²) in [4.78, 5) is 25.3. The lowest BCUT2D eigenvalue weighted by atomic mass is 9.98. The van der Waals surface area contributed by atoms with Gasteiger partial charge in [-0.15, -0.1) is 0 Å². The highest BCUT2D eigenvalue weighted by Gasteiger charge is 2.17. The van der Waals surface area contributed by atoms with E-state index >= 15 is 0 Å². The Balaban J connectivity index is 2.19. The lowest BCUT2D eigenvalue weighted by molar-refractivity contribution is -0.135. The lowest BCUT2D eigenvalue weighted by Gasteiger charge is -2.23. The van der Waals surface area contributed by atoms with Gasteiger partial charge in [-0.1, -0.05) is 50.2 Å². The van der Waals surface area contributed by atoms with Gasteiger partial charge in [0.1, 0.15) is 6.54 Å². The van der Waals surface area contributed by atoms with Crippen molar-refractivity contribution in [3.63, 3.8) is 0 Å². The van der Waals surface area contributed by atoms with Crippen LogP contribution < -0.4 is 10.2 Å². The molecule has 0 fully saturated rings. The van der Waals surface area contributed by atoms with Gasteiger partial charge < -0.3 is 15.3 Å². The van der Waals surface area contributed by atoms with E-state index in [0.29, 0.717) is 5.69 Å².